The number of ketones is 1. The number of sulfonamides is 1. The van der Waals surface area contributed by atoms with Gasteiger partial charge in [0.15, 0.2) is 0 Å². The number of carbonyl (C=O) groups excluding carboxylic acids is 1. The predicted molar refractivity (Wildman–Crippen MR) is 126 cm³/mol. The van der Waals surface area contributed by atoms with Gasteiger partial charge in [-0.2, -0.15) is 0 Å². The van der Waals surface area contributed by atoms with Crippen molar-refractivity contribution >= 4 is 46.3 Å². The zero-order chi connectivity index (χ0) is 21.9. The molecule has 0 amide bonds. The molecule has 2 aromatic rings. The fraction of sp³-hybridized carbons (Fsp3) is 0.381. The Morgan fingerprint density at radius 1 is 1.16 bits per heavy atom. The molecule has 2 atom stereocenters. The average Bonchev–Trinajstić information content (AvgIpc) is 2.64. The van der Waals surface area contributed by atoms with Crippen LogP contribution < -0.4 is 10.0 Å². The molecule has 11 heteroatoms. The fourth-order valence-corrected chi connectivity index (χ4v) is 4.45. The molecule has 1 saturated heterocycles. The molecular formula is C21H27Cl2F2N3O3S. The number of piperazine rings is 1. The Kier molecular flexibility index (Phi) is 10.5. The topological polar surface area (TPSA) is 78.5 Å². The number of rotatable bonds is 7. The standard InChI is InChI=1S/C21H25F2N3O3S.2ClH/c1-14(27)13-26-10-9-24-20(12-16-11-17(22)5-8-19(16)23)21(26)15-3-6-18(7-4-15)25-30(2,28)29;;/h3-8,11,20-21,24-25H,9-10,12-13H2,1-2H3;2*1H/t20?,21-;;/m1../s1. The van der Waals surface area contributed by atoms with Gasteiger partial charge in [0.2, 0.25) is 10.0 Å². The van der Waals surface area contributed by atoms with Gasteiger partial charge in [-0.25, -0.2) is 17.2 Å². The normalized spacial score (nSPS) is 18.9. The Balaban J connectivity index is 0.00000256. The quantitative estimate of drug-likeness (QED) is 0.598. The van der Waals surface area contributed by atoms with Crippen molar-refractivity contribution in [3.8, 4) is 0 Å². The van der Waals surface area contributed by atoms with Crippen LogP contribution in [0.15, 0.2) is 42.5 Å². The van der Waals surface area contributed by atoms with Crippen LogP contribution in [0.1, 0.15) is 24.1 Å². The zero-order valence-electron chi connectivity index (χ0n) is 17.7. The van der Waals surface area contributed by atoms with Crippen molar-refractivity contribution in [2.45, 2.75) is 25.4 Å². The van der Waals surface area contributed by atoms with Crippen molar-refractivity contribution in [2.24, 2.45) is 0 Å². The van der Waals surface area contributed by atoms with Gasteiger partial charge in [0, 0.05) is 24.8 Å². The van der Waals surface area contributed by atoms with Gasteiger partial charge in [-0.05, 0) is 54.8 Å². The molecule has 2 aromatic carbocycles. The van der Waals surface area contributed by atoms with Gasteiger partial charge < -0.3 is 5.32 Å². The maximum absolute atomic E-state index is 14.2. The van der Waals surface area contributed by atoms with Crippen LogP contribution in [0.2, 0.25) is 0 Å². The van der Waals surface area contributed by atoms with E-state index in [1.165, 1.54) is 13.0 Å². The van der Waals surface area contributed by atoms with Crippen molar-refractivity contribution in [2.75, 3.05) is 30.6 Å². The molecular weight excluding hydrogens is 483 g/mol. The number of halogens is 4. The third-order valence-electron chi connectivity index (χ3n) is 5.01. The summed E-state index contributed by atoms with van der Waals surface area (Å²) in [6.45, 7) is 2.98. The zero-order valence-corrected chi connectivity index (χ0v) is 20.1. The van der Waals surface area contributed by atoms with Crippen LogP contribution in [0.25, 0.3) is 0 Å². The van der Waals surface area contributed by atoms with Crippen LogP contribution >= 0.6 is 24.8 Å². The summed E-state index contributed by atoms with van der Waals surface area (Å²) in [4.78, 5) is 13.8. The number of nitrogens with one attached hydrogen (secondary N) is 2. The summed E-state index contributed by atoms with van der Waals surface area (Å²) in [5.74, 6) is -0.975. The molecule has 6 nitrogen and oxygen atoms in total. The van der Waals surface area contributed by atoms with Gasteiger partial charge in [0.25, 0.3) is 0 Å². The summed E-state index contributed by atoms with van der Waals surface area (Å²) in [5.41, 5.74) is 1.54. The van der Waals surface area contributed by atoms with Crippen LogP contribution in [0, 0.1) is 11.6 Å². The number of anilines is 1. The van der Waals surface area contributed by atoms with Gasteiger partial charge in [-0.3, -0.25) is 14.4 Å². The largest absolute Gasteiger partial charge is 0.310 e. The molecule has 0 aromatic heterocycles. The first-order chi connectivity index (χ1) is 14.1. The van der Waals surface area contributed by atoms with Crippen molar-refractivity contribution < 1.29 is 22.0 Å². The summed E-state index contributed by atoms with van der Waals surface area (Å²) in [7, 11) is -3.40. The molecule has 0 spiro atoms. The summed E-state index contributed by atoms with van der Waals surface area (Å²) >= 11 is 0. The number of benzene rings is 2. The van der Waals surface area contributed by atoms with Crippen LogP contribution in [-0.2, 0) is 21.2 Å². The molecule has 1 aliphatic rings. The number of nitrogens with zero attached hydrogens (tertiary/aromatic N) is 1. The third-order valence-corrected chi connectivity index (χ3v) is 5.62. The Morgan fingerprint density at radius 2 is 1.81 bits per heavy atom. The molecule has 3 rings (SSSR count). The SMILES string of the molecule is CC(=O)CN1CCNC(Cc2cc(F)ccc2F)[C@H]1c1ccc(NS(C)(=O)=O)cc1.Cl.Cl. The van der Waals surface area contributed by atoms with Gasteiger partial charge in [-0.1, -0.05) is 12.1 Å². The fourth-order valence-electron chi connectivity index (χ4n) is 3.89. The summed E-state index contributed by atoms with van der Waals surface area (Å²) in [6, 6.07) is 9.73. The van der Waals surface area contributed by atoms with Crippen molar-refractivity contribution in [3.63, 3.8) is 0 Å². The van der Waals surface area contributed by atoms with Crippen molar-refractivity contribution in [1.29, 1.82) is 0 Å². The Bertz CT molecular complexity index is 1020. The van der Waals surface area contributed by atoms with Crippen LogP contribution in [0.3, 0.4) is 0 Å². The average molecular weight is 510 g/mol. The van der Waals surface area contributed by atoms with E-state index >= 15 is 0 Å². The van der Waals surface area contributed by atoms with Gasteiger partial charge >= 0.3 is 0 Å². The lowest BCUT2D eigenvalue weighted by Gasteiger charge is -2.42. The predicted octanol–water partition coefficient (Wildman–Crippen LogP) is 3.33. The first-order valence-corrected chi connectivity index (χ1v) is 11.5. The van der Waals surface area contributed by atoms with E-state index in [0.717, 1.165) is 24.0 Å². The smallest absolute Gasteiger partial charge is 0.229 e. The lowest BCUT2D eigenvalue weighted by molar-refractivity contribution is -0.119. The number of hydrogen-bond donors (Lipinski definition) is 2. The molecule has 178 valence electrons. The van der Waals surface area contributed by atoms with Crippen molar-refractivity contribution in [1.82, 2.24) is 10.2 Å². The van der Waals surface area contributed by atoms with Crippen molar-refractivity contribution in [3.05, 3.63) is 65.2 Å². The molecule has 1 unspecified atom stereocenters. The van der Waals surface area contributed by atoms with Crippen LogP contribution in [-0.4, -0.2) is 51.0 Å². The van der Waals surface area contributed by atoms with Crippen LogP contribution in [0.4, 0.5) is 14.5 Å². The minimum Gasteiger partial charge on any atom is -0.310 e. The Morgan fingerprint density at radius 3 is 2.41 bits per heavy atom. The van der Waals surface area contributed by atoms with E-state index in [1.54, 1.807) is 24.3 Å². The molecule has 32 heavy (non-hydrogen) atoms. The van der Waals surface area contributed by atoms with Crippen LogP contribution in [0.5, 0.6) is 0 Å². The molecule has 2 N–H and O–H groups in total. The van der Waals surface area contributed by atoms with Gasteiger partial charge in [0.05, 0.1) is 18.8 Å². The Hall–Kier alpha value is -1.78. The summed E-state index contributed by atoms with van der Waals surface area (Å²) < 4.78 is 53.2. The third kappa shape index (κ3) is 7.67. The highest BCUT2D eigenvalue weighted by atomic mass is 35.5. The van der Waals surface area contributed by atoms with Gasteiger partial charge in [0.1, 0.15) is 17.4 Å². The van der Waals surface area contributed by atoms with E-state index < -0.39 is 21.7 Å². The summed E-state index contributed by atoms with van der Waals surface area (Å²) in [6.07, 6.45) is 1.32. The number of carbonyl (C=O) groups is 1. The first-order valence-electron chi connectivity index (χ1n) is 9.61. The lowest BCUT2D eigenvalue weighted by Crippen LogP contribution is -2.54. The lowest BCUT2D eigenvalue weighted by atomic mass is 9.90. The minimum atomic E-state index is -3.40. The molecule has 0 bridgehead atoms. The van der Waals surface area contributed by atoms with E-state index in [2.05, 4.69) is 10.0 Å². The summed E-state index contributed by atoms with van der Waals surface area (Å²) in [5, 5.41) is 3.37. The first kappa shape index (κ1) is 28.3. The Labute approximate surface area is 199 Å². The second-order valence-corrected chi connectivity index (χ2v) is 9.36. The van der Waals surface area contributed by atoms with Gasteiger partial charge in [-0.15, -0.1) is 24.8 Å². The second kappa shape index (κ2) is 11.9. The molecule has 1 fully saturated rings. The van der Waals surface area contributed by atoms with E-state index in [9.17, 15) is 22.0 Å². The maximum atomic E-state index is 14.2. The van der Waals surface area contributed by atoms with E-state index in [1.807, 2.05) is 4.90 Å². The molecule has 0 saturated carbocycles. The highest BCUT2D eigenvalue weighted by Gasteiger charge is 2.33. The number of hydrogen-bond acceptors (Lipinski definition) is 5. The second-order valence-electron chi connectivity index (χ2n) is 7.61. The van der Waals surface area contributed by atoms with E-state index in [4.69, 9.17) is 0 Å². The molecule has 1 heterocycles. The minimum absolute atomic E-state index is 0. The van der Waals surface area contributed by atoms with E-state index in [-0.39, 0.29) is 61.2 Å². The molecule has 0 radical (unpaired) electrons. The highest BCUT2D eigenvalue weighted by molar-refractivity contribution is 7.92. The highest BCUT2D eigenvalue weighted by Crippen LogP contribution is 2.30. The maximum Gasteiger partial charge on any atom is 0.229 e. The van der Waals surface area contributed by atoms with E-state index in [0.29, 0.717) is 18.8 Å². The molecule has 0 aliphatic carbocycles. The molecule has 1 aliphatic heterocycles. The number of Topliss-reactive ketones (excluding diaryl/α,β-unsaturated/α-hetero) is 1. The monoisotopic (exact) mass is 509 g/mol.